The Labute approximate surface area is 105 Å². The van der Waals surface area contributed by atoms with Gasteiger partial charge in [-0.3, -0.25) is 0 Å². The largest absolute Gasteiger partial charge is 0.376 e. The highest BCUT2D eigenvalue weighted by Crippen LogP contribution is 2.09. The van der Waals surface area contributed by atoms with Gasteiger partial charge in [0, 0.05) is 18.7 Å². The molecular formula is C13H15FN2O2. The predicted octanol–water partition coefficient (Wildman–Crippen LogP) is 1.20. The van der Waals surface area contributed by atoms with Crippen molar-refractivity contribution in [1.82, 2.24) is 5.32 Å². The zero-order chi connectivity index (χ0) is 12.8. The normalized spacial score (nSPS) is 19.4. The molecule has 1 saturated heterocycles. The van der Waals surface area contributed by atoms with E-state index in [1.807, 2.05) is 6.07 Å². The maximum atomic E-state index is 13.6. The molecule has 1 aliphatic heterocycles. The molecule has 5 heteroatoms. The highest BCUT2D eigenvalue weighted by atomic mass is 19.1. The van der Waals surface area contributed by atoms with Gasteiger partial charge in [0.25, 0.3) is 0 Å². The Bertz CT molecular complexity index is 439. The summed E-state index contributed by atoms with van der Waals surface area (Å²) in [5, 5.41) is 11.8. The van der Waals surface area contributed by atoms with Gasteiger partial charge in [-0.2, -0.15) is 5.26 Å². The quantitative estimate of drug-likeness (QED) is 0.872. The van der Waals surface area contributed by atoms with Crippen molar-refractivity contribution >= 4 is 0 Å². The molecule has 1 aromatic carbocycles. The highest BCUT2D eigenvalue weighted by molar-refractivity contribution is 5.32. The van der Waals surface area contributed by atoms with Crippen molar-refractivity contribution in [3.63, 3.8) is 0 Å². The second-order valence-electron chi connectivity index (χ2n) is 4.12. The fraction of sp³-hybridized carbons (Fsp3) is 0.462. The highest BCUT2D eigenvalue weighted by Gasteiger charge is 2.13. The van der Waals surface area contributed by atoms with Crippen molar-refractivity contribution in [3.8, 4) is 6.07 Å². The fourth-order valence-electron chi connectivity index (χ4n) is 1.78. The van der Waals surface area contributed by atoms with Crippen LogP contribution in [0.4, 0.5) is 4.39 Å². The number of hydrogen-bond donors (Lipinski definition) is 1. The van der Waals surface area contributed by atoms with Crippen LogP contribution in [-0.4, -0.2) is 32.5 Å². The second-order valence-corrected chi connectivity index (χ2v) is 4.12. The Morgan fingerprint density at radius 3 is 3.00 bits per heavy atom. The number of nitrogens with one attached hydrogen (secondary N) is 1. The zero-order valence-electron chi connectivity index (χ0n) is 9.99. The summed E-state index contributed by atoms with van der Waals surface area (Å²) in [5.74, 6) is -0.359. The molecule has 1 N–H and O–H groups in total. The van der Waals surface area contributed by atoms with Crippen LogP contribution in [0.25, 0.3) is 0 Å². The molecule has 1 unspecified atom stereocenters. The molecule has 1 atom stereocenters. The van der Waals surface area contributed by atoms with Gasteiger partial charge >= 0.3 is 0 Å². The molecular weight excluding hydrogens is 235 g/mol. The van der Waals surface area contributed by atoms with Gasteiger partial charge in [0.05, 0.1) is 37.6 Å². The minimum absolute atomic E-state index is 0.0280. The van der Waals surface area contributed by atoms with Crippen LogP contribution in [0.5, 0.6) is 0 Å². The monoisotopic (exact) mass is 250 g/mol. The molecule has 1 aromatic rings. The van der Waals surface area contributed by atoms with E-state index in [-0.39, 0.29) is 11.9 Å². The first kappa shape index (κ1) is 13.0. The van der Waals surface area contributed by atoms with Crippen LogP contribution >= 0.6 is 0 Å². The molecule has 0 aromatic heterocycles. The molecule has 0 bridgehead atoms. The van der Waals surface area contributed by atoms with Gasteiger partial charge in [0.15, 0.2) is 0 Å². The van der Waals surface area contributed by atoms with E-state index in [2.05, 4.69) is 5.32 Å². The summed E-state index contributed by atoms with van der Waals surface area (Å²) in [5.41, 5.74) is 0.881. The number of benzene rings is 1. The van der Waals surface area contributed by atoms with Gasteiger partial charge in [0.1, 0.15) is 5.82 Å². The average Bonchev–Trinajstić information content (AvgIpc) is 2.42. The van der Waals surface area contributed by atoms with E-state index in [4.69, 9.17) is 14.7 Å². The molecule has 0 radical (unpaired) electrons. The smallest absolute Gasteiger partial charge is 0.129 e. The van der Waals surface area contributed by atoms with Crippen LogP contribution in [0.1, 0.15) is 11.1 Å². The Morgan fingerprint density at radius 2 is 2.33 bits per heavy atom. The Morgan fingerprint density at radius 1 is 1.44 bits per heavy atom. The van der Waals surface area contributed by atoms with Crippen LogP contribution in [0.3, 0.4) is 0 Å². The van der Waals surface area contributed by atoms with Crippen LogP contribution < -0.4 is 5.32 Å². The van der Waals surface area contributed by atoms with E-state index in [9.17, 15) is 4.39 Å². The van der Waals surface area contributed by atoms with Crippen molar-refractivity contribution in [1.29, 1.82) is 5.26 Å². The molecule has 0 spiro atoms. The molecule has 1 fully saturated rings. The van der Waals surface area contributed by atoms with Crippen LogP contribution in [0.15, 0.2) is 18.2 Å². The van der Waals surface area contributed by atoms with E-state index in [1.165, 1.54) is 6.07 Å². The second kappa shape index (κ2) is 6.45. The lowest BCUT2D eigenvalue weighted by Gasteiger charge is -2.23. The van der Waals surface area contributed by atoms with Gasteiger partial charge in [0.2, 0.25) is 0 Å². The third-order valence-electron chi connectivity index (χ3n) is 2.75. The third kappa shape index (κ3) is 3.50. The first-order valence-corrected chi connectivity index (χ1v) is 5.88. The zero-order valence-corrected chi connectivity index (χ0v) is 9.99. The molecule has 0 saturated carbocycles. The summed E-state index contributed by atoms with van der Waals surface area (Å²) in [6.45, 7) is 2.86. The Kier molecular flexibility index (Phi) is 4.65. The van der Waals surface area contributed by atoms with Gasteiger partial charge < -0.3 is 14.8 Å². The van der Waals surface area contributed by atoms with E-state index in [1.54, 1.807) is 12.1 Å². The van der Waals surface area contributed by atoms with Crippen molar-refractivity contribution < 1.29 is 13.9 Å². The Balaban J connectivity index is 1.81. The molecule has 1 heterocycles. The summed E-state index contributed by atoms with van der Waals surface area (Å²) in [6.07, 6.45) is 0.0280. The summed E-state index contributed by atoms with van der Waals surface area (Å²) in [4.78, 5) is 0. The fourth-order valence-corrected chi connectivity index (χ4v) is 1.78. The number of hydrogen-bond acceptors (Lipinski definition) is 4. The molecule has 96 valence electrons. The number of halogens is 1. The summed E-state index contributed by atoms with van der Waals surface area (Å²) >= 11 is 0. The lowest BCUT2D eigenvalue weighted by atomic mass is 10.1. The minimum atomic E-state index is -0.359. The molecule has 4 nitrogen and oxygen atoms in total. The van der Waals surface area contributed by atoms with Crippen LogP contribution in [0, 0.1) is 17.1 Å². The van der Waals surface area contributed by atoms with Crippen LogP contribution in [-0.2, 0) is 16.0 Å². The number of nitrogens with zero attached hydrogens (tertiary/aromatic N) is 1. The van der Waals surface area contributed by atoms with Crippen molar-refractivity contribution in [2.45, 2.75) is 12.6 Å². The summed E-state index contributed by atoms with van der Waals surface area (Å²) < 4.78 is 24.3. The lowest BCUT2D eigenvalue weighted by Crippen LogP contribution is -2.37. The first-order valence-electron chi connectivity index (χ1n) is 5.88. The maximum absolute atomic E-state index is 13.6. The standard InChI is InChI=1S/C13H15FN2O2/c14-13-5-10(6-15)1-2-11(13)7-16-8-12-9-17-3-4-18-12/h1-2,5,12,16H,3-4,7-9H2. The Hall–Kier alpha value is -1.48. The molecule has 0 amide bonds. The van der Waals surface area contributed by atoms with Gasteiger partial charge in [-0.25, -0.2) is 4.39 Å². The van der Waals surface area contributed by atoms with E-state index < -0.39 is 0 Å². The van der Waals surface area contributed by atoms with E-state index >= 15 is 0 Å². The van der Waals surface area contributed by atoms with Gasteiger partial charge in [-0.05, 0) is 12.1 Å². The molecule has 2 rings (SSSR count). The maximum Gasteiger partial charge on any atom is 0.129 e. The van der Waals surface area contributed by atoms with E-state index in [0.717, 1.165) is 0 Å². The van der Waals surface area contributed by atoms with Crippen LogP contribution in [0.2, 0.25) is 0 Å². The lowest BCUT2D eigenvalue weighted by molar-refractivity contribution is -0.0864. The number of ether oxygens (including phenoxy) is 2. The number of nitriles is 1. The van der Waals surface area contributed by atoms with Gasteiger partial charge in [-0.15, -0.1) is 0 Å². The van der Waals surface area contributed by atoms with Crippen molar-refractivity contribution in [3.05, 3.63) is 35.1 Å². The first-order chi connectivity index (χ1) is 8.79. The SMILES string of the molecule is N#Cc1ccc(CNCC2COCCO2)c(F)c1. The van der Waals surface area contributed by atoms with Crippen molar-refractivity contribution in [2.75, 3.05) is 26.4 Å². The van der Waals surface area contributed by atoms with Crippen molar-refractivity contribution in [2.24, 2.45) is 0 Å². The average molecular weight is 250 g/mol. The summed E-state index contributed by atoms with van der Waals surface area (Å²) in [6, 6.07) is 6.39. The molecule has 18 heavy (non-hydrogen) atoms. The minimum Gasteiger partial charge on any atom is -0.376 e. The third-order valence-corrected chi connectivity index (χ3v) is 2.75. The molecule has 0 aliphatic carbocycles. The van der Waals surface area contributed by atoms with E-state index in [0.29, 0.717) is 44.0 Å². The predicted molar refractivity (Wildman–Crippen MR) is 63.4 cm³/mol. The molecule has 1 aliphatic rings. The van der Waals surface area contributed by atoms with Gasteiger partial charge in [-0.1, -0.05) is 6.07 Å². The number of rotatable bonds is 4. The topological polar surface area (TPSA) is 54.3 Å². The summed E-state index contributed by atoms with van der Waals surface area (Å²) in [7, 11) is 0.